The van der Waals surface area contributed by atoms with Gasteiger partial charge in [-0.05, 0) is 19.3 Å². The van der Waals surface area contributed by atoms with E-state index in [2.05, 4.69) is 15.5 Å². The van der Waals surface area contributed by atoms with Gasteiger partial charge in [0, 0.05) is 25.4 Å². The van der Waals surface area contributed by atoms with Crippen molar-refractivity contribution in [2.45, 2.75) is 50.9 Å². The molecule has 1 aromatic rings. The maximum absolute atomic E-state index is 12.9. The monoisotopic (exact) mass is 330 g/mol. The van der Waals surface area contributed by atoms with E-state index in [1.165, 1.54) is 19.3 Å². The number of amides is 3. The Morgan fingerprint density at radius 1 is 1.25 bits per heavy atom. The van der Waals surface area contributed by atoms with Crippen LogP contribution >= 0.6 is 0 Å². The van der Waals surface area contributed by atoms with Crippen LogP contribution in [0, 0.1) is 5.41 Å². The van der Waals surface area contributed by atoms with Gasteiger partial charge in [-0.25, -0.2) is 0 Å². The highest BCUT2D eigenvalue weighted by Crippen LogP contribution is 2.39. The number of H-pyrrole nitrogens is 1. The predicted molar refractivity (Wildman–Crippen MR) is 85.1 cm³/mol. The molecule has 0 radical (unpaired) electrons. The minimum Gasteiger partial charge on any atom is -0.337 e. The lowest BCUT2D eigenvalue weighted by Crippen LogP contribution is -2.37. The van der Waals surface area contributed by atoms with Gasteiger partial charge >= 0.3 is 0 Å². The third-order valence-corrected chi connectivity index (χ3v) is 5.79. The average molecular weight is 330 g/mol. The van der Waals surface area contributed by atoms with Gasteiger partial charge in [0.25, 0.3) is 5.91 Å². The maximum Gasteiger partial charge on any atom is 0.257 e. The Bertz CT molecular complexity index is 692. The Morgan fingerprint density at radius 3 is 2.75 bits per heavy atom. The number of carbonyl (C=O) groups is 3. The van der Waals surface area contributed by atoms with Crippen LogP contribution in [0.4, 0.5) is 0 Å². The molecule has 2 saturated heterocycles. The summed E-state index contributed by atoms with van der Waals surface area (Å²) in [4.78, 5) is 38.3. The van der Waals surface area contributed by atoms with Crippen LogP contribution in [0.25, 0.3) is 0 Å². The molecular weight excluding hydrogens is 308 g/mol. The molecule has 3 aliphatic rings. The van der Waals surface area contributed by atoms with E-state index in [4.69, 9.17) is 0 Å². The number of aromatic amines is 1. The van der Waals surface area contributed by atoms with Crippen LogP contribution in [0.1, 0.15) is 66.9 Å². The van der Waals surface area contributed by atoms with Gasteiger partial charge in [-0.2, -0.15) is 5.10 Å². The zero-order valence-electron chi connectivity index (χ0n) is 13.6. The number of aromatic nitrogens is 2. The van der Waals surface area contributed by atoms with Crippen molar-refractivity contribution in [3.8, 4) is 0 Å². The summed E-state index contributed by atoms with van der Waals surface area (Å²) in [6.45, 7) is 0.827. The zero-order valence-corrected chi connectivity index (χ0v) is 13.6. The Kier molecular flexibility index (Phi) is 3.66. The largest absolute Gasteiger partial charge is 0.337 e. The van der Waals surface area contributed by atoms with Crippen molar-refractivity contribution in [1.82, 2.24) is 20.4 Å². The van der Waals surface area contributed by atoms with Crippen molar-refractivity contribution in [1.29, 1.82) is 0 Å². The minimum atomic E-state index is -0.721. The van der Waals surface area contributed by atoms with Gasteiger partial charge < -0.3 is 4.90 Å². The predicted octanol–water partition coefficient (Wildman–Crippen LogP) is 1.34. The Morgan fingerprint density at radius 2 is 2.04 bits per heavy atom. The lowest BCUT2D eigenvalue weighted by molar-refractivity contribution is -0.128. The van der Waals surface area contributed by atoms with Crippen LogP contribution in [0.3, 0.4) is 0 Å². The number of nitrogens with zero attached hydrogens (tertiary/aromatic N) is 2. The molecule has 7 heteroatoms. The standard InChI is InChI=1S/C17H22N4O3/c22-13-8-17(16(24)19-13)6-7-21(10-17)15(23)12-9-18-20-14(12)11-4-2-1-3-5-11/h9,11H,1-8,10H2,(H,18,20)(H,19,22,24)/t17-/m0/s1. The second-order valence-electron chi connectivity index (χ2n) is 7.34. The second-order valence-corrected chi connectivity index (χ2v) is 7.34. The first kappa shape index (κ1) is 15.4. The van der Waals surface area contributed by atoms with E-state index in [-0.39, 0.29) is 24.1 Å². The van der Waals surface area contributed by atoms with E-state index in [0.717, 1.165) is 18.5 Å². The molecule has 7 nitrogen and oxygen atoms in total. The highest BCUT2D eigenvalue weighted by Gasteiger charge is 2.52. The molecule has 3 fully saturated rings. The number of likely N-dealkylation sites (tertiary alicyclic amines) is 1. The van der Waals surface area contributed by atoms with Gasteiger partial charge in [0.1, 0.15) is 0 Å². The first-order chi connectivity index (χ1) is 11.6. The van der Waals surface area contributed by atoms with Crippen molar-refractivity contribution in [3.05, 3.63) is 17.5 Å². The fourth-order valence-electron chi connectivity index (χ4n) is 4.41. The van der Waals surface area contributed by atoms with Gasteiger partial charge in [0.15, 0.2) is 0 Å². The quantitative estimate of drug-likeness (QED) is 0.800. The van der Waals surface area contributed by atoms with Crippen molar-refractivity contribution < 1.29 is 14.4 Å². The van der Waals surface area contributed by atoms with Crippen LogP contribution in [0.5, 0.6) is 0 Å². The smallest absolute Gasteiger partial charge is 0.257 e. The summed E-state index contributed by atoms with van der Waals surface area (Å²) in [5.41, 5.74) is 0.845. The Balaban J connectivity index is 1.52. The van der Waals surface area contributed by atoms with Crippen molar-refractivity contribution in [2.24, 2.45) is 5.41 Å². The fraction of sp³-hybridized carbons (Fsp3) is 0.647. The lowest BCUT2D eigenvalue weighted by atomic mass is 9.85. The first-order valence-corrected chi connectivity index (χ1v) is 8.76. The molecule has 0 bridgehead atoms. The van der Waals surface area contributed by atoms with Gasteiger partial charge in [0.2, 0.25) is 11.8 Å². The molecule has 3 amide bonds. The summed E-state index contributed by atoms with van der Waals surface area (Å²) in [6, 6.07) is 0. The highest BCUT2D eigenvalue weighted by molar-refractivity contribution is 6.07. The van der Waals surface area contributed by atoms with Crippen molar-refractivity contribution in [3.63, 3.8) is 0 Å². The topological polar surface area (TPSA) is 95.2 Å². The number of carbonyl (C=O) groups excluding carboxylic acids is 3. The third-order valence-electron chi connectivity index (χ3n) is 5.79. The summed E-state index contributed by atoms with van der Waals surface area (Å²) in [7, 11) is 0. The van der Waals surface area contributed by atoms with Gasteiger partial charge in [-0.3, -0.25) is 24.8 Å². The molecular formula is C17H22N4O3. The van der Waals surface area contributed by atoms with Gasteiger partial charge in [-0.1, -0.05) is 19.3 Å². The molecule has 4 rings (SSSR count). The van der Waals surface area contributed by atoms with E-state index in [1.807, 2.05) is 0 Å². The number of hydrogen-bond acceptors (Lipinski definition) is 4. The molecule has 2 N–H and O–H groups in total. The molecule has 1 saturated carbocycles. The van der Waals surface area contributed by atoms with Gasteiger partial charge in [0.05, 0.1) is 22.9 Å². The maximum atomic E-state index is 12.9. The molecule has 0 unspecified atom stereocenters. The molecule has 2 aliphatic heterocycles. The van der Waals surface area contributed by atoms with Crippen LogP contribution in [-0.2, 0) is 9.59 Å². The van der Waals surface area contributed by atoms with Crippen LogP contribution < -0.4 is 5.32 Å². The van der Waals surface area contributed by atoms with E-state index in [0.29, 0.717) is 31.0 Å². The van der Waals surface area contributed by atoms with E-state index < -0.39 is 5.41 Å². The summed E-state index contributed by atoms with van der Waals surface area (Å²) in [6.07, 6.45) is 8.15. The Labute approximate surface area is 140 Å². The van der Waals surface area contributed by atoms with Crippen molar-refractivity contribution in [2.75, 3.05) is 13.1 Å². The highest BCUT2D eigenvalue weighted by atomic mass is 16.2. The molecule has 24 heavy (non-hydrogen) atoms. The normalized spacial score (nSPS) is 27.9. The summed E-state index contributed by atoms with van der Waals surface area (Å²) < 4.78 is 0. The third kappa shape index (κ3) is 2.42. The molecule has 1 aliphatic carbocycles. The summed E-state index contributed by atoms with van der Waals surface area (Å²) in [5, 5.41) is 9.50. The molecule has 3 heterocycles. The summed E-state index contributed by atoms with van der Waals surface area (Å²) in [5.74, 6) is -0.176. The second kappa shape index (κ2) is 5.72. The summed E-state index contributed by atoms with van der Waals surface area (Å²) >= 11 is 0. The van der Waals surface area contributed by atoms with E-state index >= 15 is 0 Å². The fourth-order valence-corrected chi connectivity index (χ4v) is 4.41. The molecule has 0 aromatic carbocycles. The molecule has 1 atom stereocenters. The Hall–Kier alpha value is -2.18. The average Bonchev–Trinajstić information content (AvgIpc) is 3.28. The SMILES string of the molecule is O=C1C[C@]2(CCN(C(=O)c3cn[nH]c3C3CCCCC3)C2)C(=O)N1. The van der Waals surface area contributed by atoms with Crippen LogP contribution in [0.2, 0.25) is 0 Å². The lowest BCUT2D eigenvalue weighted by Gasteiger charge is -2.23. The van der Waals surface area contributed by atoms with Crippen LogP contribution in [-0.4, -0.2) is 45.9 Å². The van der Waals surface area contributed by atoms with Crippen LogP contribution in [0.15, 0.2) is 6.20 Å². The molecule has 1 spiro atoms. The zero-order chi connectivity index (χ0) is 16.7. The molecule has 128 valence electrons. The first-order valence-electron chi connectivity index (χ1n) is 8.76. The van der Waals surface area contributed by atoms with Gasteiger partial charge in [-0.15, -0.1) is 0 Å². The van der Waals surface area contributed by atoms with E-state index in [1.54, 1.807) is 11.1 Å². The molecule has 1 aromatic heterocycles. The number of rotatable bonds is 2. The number of imide groups is 1. The van der Waals surface area contributed by atoms with Crippen molar-refractivity contribution >= 4 is 17.7 Å². The minimum absolute atomic E-state index is 0.0756. The number of nitrogens with one attached hydrogen (secondary N) is 2. The van der Waals surface area contributed by atoms with E-state index in [9.17, 15) is 14.4 Å². The number of hydrogen-bond donors (Lipinski definition) is 2.